The number of sulfonamides is 1. The summed E-state index contributed by atoms with van der Waals surface area (Å²) < 4.78 is 32.2. The van der Waals surface area contributed by atoms with E-state index in [2.05, 4.69) is 21.2 Å². The number of carbonyl (C=O) groups excluding carboxylic acids is 2. The van der Waals surface area contributed by atoms with Crippen LogP contribution in [0, 0.1) is 0 Å². The van der Waals surface area contributed by atoms with Crippen molar-refractivity contribution in [2.45, 2.75) is 45.8 Å². The van der Waals surface area contributed by atoms with Gasteiger partial charge in [-0.25, -0.2) is 8.42 Å². The Morgan fingerprint density at radius 2 is 1.86 bits per heavy atom. The van der Waals surface area contributed by atoms with Gasteiger partial charge < -0.3 is 15.0 Å². The molecule has 0 aromatic heterocycles. The van der Waals surface area contributed by atoms with Gasteiger partial charge in [-0.2, -0.15) is 0 Å². The molecule has 0 heterocycles. The van der Waals surface area contributed by atoms with Crippen LogP contribution in [0.15, 0.2) is 46.9 Å². The van der Waals surface area contributed by atoms with E-state index in [1.165, 1.54) is 30.2 Å². The highest BCUT2D eigenvalue weighted by Crippen LogP contribution is 2.30. The minimum absolute atomic E-state index is 0.0678. The second kappa shape index (κ2) is 12.6. The van der Waals surface area contributed by atoms with Crippen molar-refractivity contribution in [3.63, 3.8) is 0 Å². The lowest BCUT2D eigenvalue weighted by molar-refractivity contribution is -0.139. The molecule has 0 saturated heterocycles. The summed E-state index contributed by atoms with van der Waals surface area (Å²) in [5.41, 5.74) is 1.00. The highest BCUT2D eigenvalue weighted by atomic mass is 79.9. The van der Waals surface area contributed by atoms with Crippen LogP contribution >= 0.6 is 27.5 Å². The molecule has 2 atom stereocenters. The van der Waals surface area contributed by atoms with Crippen LogP contribution in [-0.4, -0.2) is 57.1 Å². The summed E-state index contributed by atoms with van der Waals surface area (Å²) in [6.45, 7) is 5.07. The highest BCUT2D eigenvalue weighted by Gasteiger charge is 2.30. The fourth-order valence-electron chi connectivity index (χ4n) is 3.30. The fourth-order valence-corrected chi connectivity index (χ4v) is 4.84. The molecule has 0 saturated carbocycles. The van der Waals surface area contributed by atoms with Gasteiger partial charge in [0.05, 0.1) is 24.1 Å². The maximum Gasteiger partial charge on any atom is 0.244 e. The second-order valence-electron chi connectivity index (χ2n) is 8.23. The number of hydrogen-bond acceptors (Lipinski definition) is 5. The summed E-state index contributed by atoms with van der Waals surface area (Å²) in [5, 5.41) is 3.10. The third-order valence-corrected chi connectivity index (χ3v) is 7.44. The van der Waals surface area contributed by atoms with E-state index in [9.17, 15) is 18.0 Å². The molecule has 0 aliphatic heterocycles. The number of benzene rings is 2. The first-order chi connectivity index (χ1) is 16.4. The first kappa shape index (κ1) is 28.9. The molecule has 0 spiro atoms. The summed E-state index contributed by atoms with van der Waals surface area (Å²) in [6.07, 6.45) is 1.74. The quantitative estimate of drug-likeness (QED) is 0.424. The molecule has 1 N–H and O–H groups in total. The molecule has 2 amide bonds. The SMILES string of the molecule is CCC(C)NC(=O)C(C)N(Cc1cccc(Br)c1)C(=O)CN(c1ccc(OC)c(Cl)c1)S(C)(=O)=O. The van der Waals surface area contributed by atoms with E-state index >= 15 is 0 Å². The van der Waals surface area contributed by atoms with Gasteiger partial charge in [0.2, 0.25) is 21.8 Å². The lowest BCUT2D eigenvalue weighted by atomic mass is 10.1. The first-order valence-electron chi connectivity index (χ1n) is 11.0. The number of nitrogens with zero attached hydrogens (tertiary/aromatic N) is 2. The van der Waals surface area contributed by atoms with Crippen LogP contribution in [0.5, 0.6) is 5.75 Å². The first-order valence-corrected chi connectivity index (χ1v) is 14.0. The topological polar surface area (TPSA) is 96.0 Å². The van der Waals surface area contributed by atoms with Crippen LogP contribution < -0.4 is 14.4 Å². The molecule has 2 aromatic carbocycles. The third-order valence-electron chi connectivity index (χ3n) is 5.51. The average Bonchev–Trinajstić information content (AvgIpc) is 2.79. The predicted molar refractivity (Wildman–Crippen MR) is 142 cm³/mol. The zero-order valence-corrected chi connectivity index (χ0v) is 23.6. The normalized spacial score (nSPS) is 13.0. The molecular formula is C24H31BrClN3O5S. The van der Waals surface area contributed by atoms with Crippen LogP contribution in [0.1, 0.15) is 32.8 Å². The van der Waals surface area contributed by atoms with Gasteiger partial charge in [-0.3, -0.25) is 13.9 Å². The molecule has 0 aliphatic rings. The molecule has 11 heteroatoms. The van der Waals surface area contributed by atoms with Crippen molar-refractivity contribution in [1.29, 1.82) is 0 Å². The monoisotopic (exact) mass is 587 g/mol. The smallest absolute Gasteiger partial charge is 0.244 e. The number of methoxy groups -OCH3 is 1. The van der Waals surface area contributed by atoms with Crippen molar-refractivity contribution >= 4 is 55.1 Å². The van der Waals surface area contributed by atoms with E-state index in [4.69, 9.17) is 16.3 Å². The van der Waals surface area contributed by atoms with E-state index in [1.54, 1.807) is 6.92 Å². The molecule has 192 valence electrons. The maximum atomic E-state index is 13.5. The van der Waals surface area contributed by atoms with Gasteiger partial charge in [-0.05, 0) is 56.2 Å². The number of amides is 2. The van der Waals surface area contributed by atoms with Gasteiger partial charge >= 0.3 is 0 Å². The molecule has 35 heavy (non-hydrogen) atoms. The molecule has 2 unspecified atom stereocenters. The Hall–Kier alpha value is -2.30. The third kappa shape index (κ3) is 8.12. The van der Waals surface area contributed by atoms with E-state index < -0.39 is 28.5 Å². The summed E-state index contributed by atoms with van der Waals surface area (Å²) in [6, 6.07) is 10.9. The van der Waals surface area contributed by atoms with Gasteiger partial charge in [-0.1, -0.05) is 46.6 Å². The number of carbonyl (C=O) groups is 2. The standard InChI is InChI=1S/C24H31BrClN3O5S/c1-6-16(2)27-24(31)17(3)28(14-18-8-7-9-19(25)12-18)23(30)15-29(35(5,32)33)20-10-11-22(34-4)21(26)13-20/h7-13,16-17H,6,14-15H2,1-5H3,(H,27,31). The van der Waals surface area contributed by atoms with Crippen molar-refractivity contribution in [2.24, 2.45) is 0 Å². The molecular weight excluding hydrogens is 558 g/mol. The lowest BCUT2D eigenvalue weighted by Crippen LogP contribution is -2.52. The minimum atomic E-state index is -3.85. The van der Waals surface area contributed by atoms with Crippen LogP contribution in [-0.2, 0) is 26.2 Å². The Bertz CT molecular complexity index is 1160. The predicted octanol–water partition coefficient (Wildman–Crippen LogP) is 4.21. The fraction of sp³-hybridized carbons (Fsp3) is 0.417. The largest absolute Gasteiger partial charge is 0.495 e. The molecule has 2 aromatic rings. The van der Waals surface area contributed by atoms with Gasteiger partial charge in [0, 0.05) is 17.1 Å². The average molecular weight is 589 g/mol. The second-order valence-corrected chi connectivity index (χ2v) is 11.5. The van der Waals surface area contributed by atoms with Crippen molar-refractivity contribution < 1.29 is 22.7 Å². The number of nitrogens with one attached hydrogen (secondary N) is 1. The van der Waals surface area contributed by atoms with Gasteiger partial charge in [-0.15, -0.1) is 0 Å². The number of halogens is 2. The van der Waals surface area contributed by atoms with Gasteiger partial charge in [0.25, 0.3) is 0 Å². The van der Waals surface area contributed by atoms with E-state index in [0.29, 0.717) is 5.75 Å². The highest BCUT2D eigenvalue weighted by molar-refractivity contribution is 9.10. The van der Waals surface area contributed by atoms with Crippen LogP contribution in [0.2, 0.25) is 5.02 Å². The van der Waals surface area contributed by atoms with Gasteiger partial charge in [0.1, 0.15) is 18.3 Å². The zero-order chi connectivity index (χ0) is 26.3. The number of hydrogen-bond donors (Lipinski definition) is 1. The van der Waals surface area contributed by atoms with E-state index in [0.717, 1.165) is 27.0 Å². The Morgan fingerprint density at radius 1 is 1.17 bits per heavy atom. The summed E-state index contributed by atoms with van der Waals surface area (Å²) in [7, 11) is -2.40. The van der Waals surface area contributed by atoms with Crippen molar-refractivity contribution in [2.75, 3.05) is 24.2 Å². The van der Waals surface area contributed by atoms with Crippen molar-refractivity contribution in [1.82, 2.24) is 10.2 Å². The number of anilines is 1. The summed E-state index contributed by atoms with van der Waals surface area (Å²) >= 11 is 9.62. The van der Waals surface area contributed by atoms with Crippen LogP contribution in [0.4, 0.5) is 5.69 Å². The Labute approximate surface area is 220 Å². The van der Waals surface area contributed by atoms with Crippen molar-refractivity contribution in [3.8, 4) is 5.75 Å². The molecule has 8 nitrogen and oxygen atoms in total. The molecule has 0 radical (unpaired) electrons. The maximum absolute atomic E-state index is 13.5. The number of ether oxygens (including phenoxy) is 1. The zero-order valence-electron chi connectivity index (χ0n) is 20.4. The molecule has 2 rings (SSSR count). The molecule has 0 aliphatic carbocycles. The Balaban J connectivity index is 2.41. The Kier molecular flexibility index (Phi) is 10.4. The summed E-state index contributed by atoms with van der Waals surface area (Å²) in [5.74, 6) is -0.475. The number of rotatable bonds is 11. The van der Waals surface area contributed by atoms with Gasteiger partial charge in [0.15, 0.2) is 0 Å². The van der Waals surface area contributed by atoms with E-state index in [-0.39, 0.29) is 29.2 Å². The van der Waals surface area contributed by atoms with Crippen LogP contribution in [0.3, 0.4) is 0 Å². The minimum Gasteiger partial charge on any atom is -0.495 e. The van der Waals surface area contributed by atoms with E-state index in [1.807, 2.05) is 38.1 Å². The van der Waals surface area contributed by atoms with Crippen LogP contribution in [0.25, 0.3) is 0 Å². The lowest BCUT2D eigenvalue weighted by Gasteiger charge is -2.32. The molecule has 0 fully saturated rings. The molecule has 0 bridgehead atoms. The van der Waals surface area contributed by atoms with Crippen molar-refractivity contribution in [3.05, 3.63) is 57.5 Å². The Morgan fingerprint density at radius 3 is 2.40 bits per heavy atom. The summed E-state index contributed by atoms with van der Waals surface area (Å²) in [4.78, 5) is 27.8.